The van der Waals surface area contributed by atoms with Gasteiger partial charge in [-0.2, -0.15) is 0 Å². The van der Waals surface area contributed by atoms with Crippen LogP contribution in [0.4, 0.5) is 5.82 Å². The van der Waals surface area contributed by atoms with Gasteiger partial charge in [0, 0.05) is 18.7 Å². The Morgan fingerprint density at radius 3 is 3.12 bits per heavy atom. The van der Waals surface area contributed by atoms with Gasteiger partial charge < -0.3 is 15.2 Å². The number of methoxy groups -OCH3 is 1. The lowest BCUT2D eigenvalue weighted by molar-refractivity contribution is 0.184. The third kappa shape index (κ3) is 3.30. The van der Waals surface area contributed by atoms with Gasteiger partial charge in [-0.05, 0) is 25.2 Å². The van der Waals surface area contributed by atoms with Crippen molar-refractivity contribution in [3.05, 3.63) is 12.4 Å². The summed E-state index contributed by atoms with van der Waals surface area (Å²) in [6.45, 7) is 0.283. The Labute approximate surface area is 101 Å². The number of hydrogen-bond acceptors (Lipinski definition) is 5. The smallest absolute Gasteiger partial charge is 0.218 e. The standard InChI is InChI=1S/C12H19N3O2/c1-17-12-6-11(13-8-14-12)15-10-4-2-3-9(5-10)7-16/h6,8-10,16H,2-5,7H2,1H3,(H,13,14,15). The first-order valence-electron chi connectivity index (χ1n) is 6.05. The van der Waals surface area contributed by atoms with E-state index < -0.39 is 0 Å². The maximum absolute atomic E-state index is 9.18. The van der Waals surface area contributed by atoms with Crippen LogP contribution in [-0.4, -0.2) is 34.8 Å². The number of aromatic nitrogens is 2. The molecule has 1 aromatic heterocycles. The molecule has 5 heteroatoms. The molecule has 2 rings (SSSR count). The molecule has 1 aliphatic rings. The quantitative estimate of drug-likeness (QED) is 0.829. The monoisotopic (exact) mass is 237 g/mol. The van der Waals surface area contributed by atoms with E-state index in [2.05, 4.69) is 15.3 Å². The summed E-state index contributed by atoms with van der Waals surface area (Å²) in [6.07, 6.45) is 5.91. The lowest BCUT2D eigenvalue weighted by Crippen LogP contribution is -2.29. The van der Waals surface area contributed by atoms with Crippen molar-refractivity contribution in [2.45, 2.75) is 31.7 Å². The second-order valence-electron chi connectivity index (χ2n) is 4.50. The fraction of sp³-hybridized carbons (Fsp3) is 0.667. The molecule has 0 bridgehead atoms. The van der Waals surface area contributed by atoms with E-state index in [0.717, 1.165) is 31.5 Å². The first-order valence-corrected chi connectivity index (χ1v) is 6.05. The normalized spacial score (nSPS) is 24.4. The Hall–Kier alpha value is -1.36. The molecule has 94 valence electrons. The number of ether oxygens (including phenoxy) is 1. The first-order chi connectivity index (χ1) is 8.31. The van der Waals surface area contributed by atoms with Gasteiger partial charge >= 0.3 is 0 Å². The predicted octanol–water partition coefficient (Wildman–Crippen LogP) is 1.45. The molecule has 1 fully saturated rings. The molecule has 1 aromatic rings. The molecule has 0 aliphatic heterocycles. The minimum atomic E-state index is 0.283. The van der Waals surface area contributed by atoms with Gasteiger partial charge in [0.2, 0.25) is 5.88 Å². The highest BCUT2D eigenvalue weighted by atomic mass is 16.5. The van der Waals surface area contributed by atoms with E-state index in [1.807, 2.05) is 0 Å². The Bertz CT molecular complexity index is 359. The van der Waals surface area contributed by atoms with E-state index in [1.165, 1.54) is 6.33 Å². The van der Waals surface area contributed by atoms with Crippen molar-refractivity contribution in [2.75, 3.05) is 19.0 Å². The van der Waals surface area contributed by atoms with Crippen molar-refractivity contribution in [1.29, 1.82) is 0 Å². The highest BCUT2D eigenvalue weighted by Gasteiger charge is 2.21. The molecule has 1 saturated carbocycles. The van der Waals surface area contributed by atoms with Gasteiger partial charge in [0.1, 0.15) is 12.1 Å². The average molecular weight is 237 g/mol. The molecule has 2 N–H and O–H groups in total. The molecule has 2 atom stereocenters. The molecular formula is C12H19N3O2. The third-order valence-electron chi connectivity index (χ3n) is 3.24. The number of hydrogen-bond donors (Lipinski definition) is 2. The van der Waals surface area contributed by atoms with Crippen molar-refractivity contribution in [1.82, 2.24) is 9.97 Å². The van der Waals surface area contributed by atoms with E-state index in [9.17, 15) is 5.11 Å². The van der Waals surface area contributed by atoms with E-state index >= 15 is 0 Å². The molecule has 2 unspecified atom stereocenters. The molecule has 1 heterocycles. The van der Waals surface area contributed by atoms with Crippen LogP contribution in [0.3, 0.4) is 0 Å². The SMILES string of the molecule is COc1cc(NC2CCCC(CO)C2)ncn1. The Balaban J connectivity index is 1.95. The zero-order valence-corrected chi connectivity index (χ0v) is 10.1. The fourth-order valence-corrected chi connectivity index (χ4v) is 2.33. The van der Waals surface area contributed by atoms with Crippen LogP contribution in [0, 0.1) is 5.92 Å². The Morgan fingerprint density at radius 2 is 2.35 bits per heavy atom. The fourth-order valence-electron chi connectivity index (χ4n) is 2.33. The zero-order valence-electron chi connectivity index (χ0n) is 10.1. The Kier molecular flexibility index (Phi) is 4.14. The number of nitrogens with one attached hydrogen (secondary N) is 1. The number of aliphatic hydroxyl groups excluding tert-OH is 1. The summed E-state index contributed by atoms with van der Waals surface area (Å²) in [7, 11) is 1.59. The summed E-state index contributed by atoms with van der Waals surface area (Å²) >= 11 is 0. The topological polar surface area (TPSA) is 67.3 Å². The van der Waals surface area contributed by atoms with Crippen molar-refractivity contribution in [3.8, 4) is 5.88 Å². The van der Waals surface area contributed by atoms with Crippen molar-refractivity contribution in [2.24, 2.45) is 5.92 Å². The van der Waals surface area contributed by atoms with Gasteiger partial charge in [0.25, 0.3) is 0 Å². The van der Waals surface area contributed by atoms with Crippen LogP contribution < -0.4 is 10.1 Å². The van der Waals surface area contributed by atoms with Crippen molar-refractivity contribution in [3.63, 3.8) is 0 Å². The van der Waals surface area contributed by atoms with E-state index in [1.54, 1.807) is 13.2 Å². The second-order valence-corrected chi connectivity index (χ2v) is 4.50. The lowest BCUT2D eigenvalue weighted by atomic mass is 9.86. The van der Waals surface area contributed by atoms with Gasteiger partial charge in [-0.1, -0.05) is 6.42 Å². The molecule has 17 heavy (non-hydrogen) atoms. The van der Waals surface area contributed by atoms with Crippen LogP contribution in [0.15, 0.2) is 12.4 Å². The molecule has 5 nitrogen and oxygen atoms in total. The van der Waals surface area contributed by atoms with Gasteiger partial charge in [0.05, 0.1) is 7.11 Å². The van der Waals surface area contributed by atoms with Gasteiger partial charge in [-0.25, -0.2) is 9.97 Å². The maximum atomic E-state index is 9.18. The third-order valence-corrected chi connectivity index (χ3v) is 3.24. The summed E-state index contributed by atoms with van der Waals surface area (Å²) in [5, 5.41) is 12.6. The van der Waals surface area contributed by atoms with Crippen molar-refractivity contribution >= 4 is 5.82 Å². The minimum Gasteiger partial charge on any atom is -0.481 e. The van der Waals surface area contributed by atoms with Crippen LogP contribution >= 0.6 is 0 Å². The Morgan fingerprint density at radius 1 is 1.47 bits per heavy atom. The zero-order chi connectivity index (χ0) is 12.1. The second kappa shape index (κ2) is 5.82. The van der Waals surface area contributed by atoms with E-state index in [-0.39, 0.29) is 6.61 Å². The number of nitrogens with zero attached hydrogens (tertiary/aromatic N) is 2. The molecule has 0 aromatic carbocycles. The largest absolute Gasteiger partial charge is 0.481 e. The van der Waals surface area contributed by atoms with Gasteiger partial charge in [0.15, 0.2) is 0 Å². The number of anilines is 1. The average Bonchev–Trinajstić information content (AvgIpc) is 2.39. The molecular weight excluding hydrogens is 218 g/mol. The van der Waals surface area contributed by atoms with Gasteiger partial charge in [-0.3, -0.25) is 0 Å². The predicted molar refractivity (Wildman–Crippen MR) is 65.0 cm³/mol. The summed E-state index contributed by atoms with van der Waals surface area (Å²) < 4.78 is 5.06. The first kappa shape index (κ1) is 12.1. The maximum Gasteiger partial charge on any atom is 0.218 e. The number of aliphatic hydroxyl groups is 1. The van der Waals surface area contributed by atoms with Crippen LogP contribution in [0.5, 0.6) is 5.88 Å². The summed E-state index contributed by atoms with van der Waals surface area (Å²) in [6, 6.07) is 2.18. The van der Waals surface area contributed by atoms with Gasteiger partial charge in [-0.15, -0.1) is 0 Å². The van der Waals surface area contributed by atoms with Crippen LogP contribution in [-0.2, 0) is 0 Å². The molecule has 0 saturated heterocycles. The molecule has 0 amide bonds. The lowest BCUT2D eigenvalue weighted by Gasteiger charge is -2.28. The highest BCUT2D eigenvalue weighted by Crippen LogP contribution is 2.26. The van der Waals surface area contributed by atoms with Crippen LogP contribution in [0.1, 0.15) is 25.7 Å². The van der Waals surface area contributed by atoms with E-state index in [0.29, 0.717) is 17.8 Å². The number of rotatable bonds is 4. The summed E-state index contributed by atoms with van der Waals surface area (Å²) in [5.41, 5.74) is 0. The van der Waals surface area contributed by atoms with E-state index in [4.69, 9.17) is 4.74 Å². The van der Waals surface area contributed by atoms with Crippen molar-refractivity contribution < 1.29 is 9.84 Å². The van der Waals surface area contributed by atoms with Crippen LogP contribution in [0.25, 0.3) is 0 Å². The highest BCUT2D eigenvalue weighted by molar-refractivity contribution is 5.38. The minimum absolute atomic E-state index is 0.283. The molecule has 0 spiro atoms. The van der Waals surface area contributed by atoms with Crippen LogP contribution in [0.2, 0.25) is 0 Å². The summed E-state index contributed by atoms with van der Waals surface area (Å²) in [5.74, 6) is 1.78. The molecule has 1 aliphatic carbocycles. The molecule has 0 radical (unpaired) electrons. The summed E-state index contributed by atoms with van der Waals surface area (Å²) in [4.78, 5) is 8.14.